The van der Waals surface area contributed by atoms with Crippen LogP contribution in [0, 0.1) is 18.3 Å². The van der Waals surface area contributed by atoms with Crippen molar-refractivity contribution in [3.05, 3.63) is 45.2 Å². The summed E-state index contributed by atoms with van der Waals surface area (Å²) in [5, 5.41) is 27.5. The second-order valence-corrected chi connectivity index (χ2v) is 11.7. The zero-order valence-electron chi connectivity index (χ0n) is 25.4. The number of carbonyl (C=O) groups is 4. The Kier molecular flexibility index (Phi) is 7.83. The van der Waals surface area contributed by atoms with Gasteiger partial charge in [0.1, 0.15) is 12.1 Å². The van der Waals surface area contributed by atoms with Gasteiger partial charge in [0, 0.05) is 47.8 Å². The molecule has 12 heteroatoms. The van der Waals surface area contributed by atoms with Gasteiger partial charge in [-0.1, -0.05) is 6.07 Å². The predicted molar refractivity (Wildman–Crippen MR) is 154 cm³/mol. The normalized spacial score (nSPS) is 27.4. The molecule has 2 bridgehead atoms. The van der Waals surface area contributed by atoms with Crippen molar-refractivity contribution in [2.45, 2.75) is 76.8 Å². The van der Waals surface area contributed by atoms with E-state index in [0.29, 0.717) is 23.3 Å². The smallest absolute Gasteiger partial charge is 0.242 e. The van der Waals surface area contributed by atoms with E-state index in [1.54, 1.807) is 13.8 Å². The van der Waals surface area contributed by atoms with Crippen LogP contribution in [-0.4, -0.2) is 96.3 Å². The first-order chi connectivity index (χ1) is 20.4. The maximum atomic E-state index is 13.9. The lowest BCUT2D eigenvalue weighted by atomic mass is 9.69. The molecule has 3 aliphatic heterocycles. The van der Waals surface area contributed by atoms with Gasteiger partial charge in [-0.2, -0.15) is 5.26 Å². The molecule has 0 spiro atoms. The number of ketones is 2. The Bertz CT molecular complexity index is 1540. The molecular formula is C31H37N5O7. The number of Topliss-reactive ketones (excluding diaryl/α,β-unsaturated/α-hetero) is 2. The Morgan fingerprint density at radius 1 is 1.16 bits per heavy atom. The fraction of sp³-hybridized carbons (Fsp3) is 0.516. The van der Waals surface area contributed by atoms with Crippen LogP contribution in [0.3, 0.4) is 0 Å². The Labute approximate surface area is 250 Å². The number of phenolic OH excluding ortho intramolecular Hbond substituents is 1. The highest BCUT2D eigenvalue weighted by Crippen LogP contribution is 2.53. The molecule has 4 aliphatic rings. The van der Waals surface area contributed by atoms with Crippen molar-refractivity contribution >= 4 is 23.4 Å². The van der Waals surface area contributed by atoms with E-state index in [0.717, 1.165) is 11.1 Å². The van der Waals surface area contributed by atoms with E-state index in [-0.39, 0.29) is 53.4 Å². The number of likely N-dealkylation sites (N-methyl/N-ethyl adjacent to an activating group) is 1. The highest BCUT2D eigenvalue weighted by molar-refractivity contribution is 6.25. The van der Waals surface area contributed by atoms with Crippen LogP contribution < -0.4 is 15.4 Å². The fourth-order valence-electron chi connectivity index (χ4n) is 7.53. The fourth-order valence-corrected chi connectivity index (χ4v) is 7.53. The number of carbonyl (C=O) groups excluding carboxylic acids is 4. The molecule has 1 aromatic carbocycles. The zero-order chi connectivity index (χ0) is 31.5. The van der Waals surface area contributed by atoms with Crippen LogP contribution in [0.5, 0.6) is 11.5 Å². The van der Waals surface area contributed by atoms with E-state index in [1.807, 2.05) is 24.9 Å². The Hall–Kier alpha value is -4.21. The number of amides is 2. The minimum Gasteiger partial charge on any atom is -0.504 e. The molecule has 1 aliphatic carbocycles. The molecule has 3 heterocycles. The number of hydrogen-bond donors (Lipinski definition) is 3. The predicted octanol–water partition coefficient (Wildman–Crippen LogP) is 0.965. The molecule has 2 amide bonds. The molecule has 228 valence electrons. The Morgan fingerprint density at radius 3 is 2.47 bits per heavy atom. The number of piperazine rings is 1. The van der Waals surface area contributed by atoms with E-state index < -0.39 is 41.9 Å². The number of ether oxygens (including phenoxy) is 2. The van der Waals surface area contributed by atoms with Crippen molar-refractivity contribution in [3.8, 4) is 17.6 Å². The van der Waals surface area contributed by atoms with E-state index in [2.05, 4.69) is 21.6 Å². The second-order valence-electron chi connectivity index (χ2n) is 11.7. The highest BCUT2D eigenvalue weighted by atomic mass is 16.5. The minimum atomic E-state index is -0.851. The summed E-state index contributed by atoms with van der Waals surface area (Å²) < 4.78 is 10.9. The number of fused-ring (bicyclic) bond motifs is 6. The Balaban J connectivity index is 1.67. The lowest BCUT2D eigenvalue weighted by Gasteiger charge is -2.60. The number of aromatic hydroxyl groups is 1. The molecule has 0 radical (unpaired) electrons. The average molecular weight is 592 g/mol. The van der Waals surface area contributed by atoms with Crippen molar-refractivity contribution in [3.63, 3.8) is 0 Å². The van der Waals surface area contributed by atoms with Crippen molar-refractivity contribution in [2.75, 3.05) is 27.8 Å². The van der Waals surface area contributed by atoms with Crippen LogP contribution in [0.1, 0.15) is 49.9 Å². The van der Waals surface area contributed by atoms with Gasteiger partial charge in [0.05, 0.1) is 32.4 Å². The quantitative estimate of drug-likeness (QED) is 0.407. The van der Waals surface area contributed by atoms with Gasteiger partial charge in [-0.25, -0.2) is 0 Å². The largest absolute Gasteiger partial charge is 0.504 e. The summed E-state index contributed by atoms with van der Waals surface area (Å²) in [5.41, 5.74) is 3.05. The van der Waals surface area contributed by atoms with Crippen molar-refractivity contribution < 1.29 is 33.8 Å². The number of methoxy groups -OCH3 is 2. The third-order valence-corrected chi connectivity index (χ3v) is 9.35. The molecule has 0 saturated carbocycles. The molecule has 43 heavy (non-hydrogen) atoms. The first-order valence-electron chi connectivity index (χ1n) is 14.3. The monoisotopic (exact) mass is 591 g/mol. The maximum absolute atomic E-state index is 13.9. The van der Waals surface area contributed by atoms with Crippen LogP contribution in [0.15, 0.2) is 28.5 Å². The number of benzene rings is 1. The van der Waals surface area contributed by atoms with Crippen LogP contribution in [0.2, 0.25) is 0 Å². The lowest BCUT2D eigenvalue weighted by Crippen LogP contribution is -2.71. The molecule has 1 fully saturated rings. The third-order valence-electron chi connectivity index (χ3n) is 9.35. The summed E-state index contributed by atoms with van der Waals surface area (Å²) in [6.07, 6.45) is 0.609. The number of rotatable bonds is 6. The van der Waals surface area contributed by atoms with Gasteiger partial charge in [0.2, 0.25) is 17.6 Å². The van der Waals surface area contributed by atoms with E-state index >= 15 is 0 Å². The van der Waals surface area contributed by atoms with Crippen LogP contribution in [0.4, 0.5) is 0 Å². The van der Waals surface area contributed by atoms with E-state index in [4.69, 9.17) is 9.47 Å². The SMILES string of the molecule is COC1=C(C)C(=O)C2=C(C1=O)[C@H](CNC(=O)C(C)NC(C)=O)N1C(C2)[C@H]2c3c(cc(C)c(OC)c3O)C[C@@H]([C@@H]1C#N)N2C. The van der Waals surface area contributed by atoms with Gasteiger partial charge in [0.25, 0.3) is 0 Å². The molecular weight excluding hydrogens is 554 g/mol. The second kappa shape index (κ2) is 11.1. The van der Waals surface area contributed by atoms with Crippen molar-refractivity contribution in [2.24, 2.45) is 0 Å². The number of nitrogens with zero attached hydrogens (tertiary/aromatic N) is 3. The van der Waals surface area contributed by atoms with Gasteiger partial charge in [-0.15, -0.1) is 0 Å². The number of hydrogen-bond acceptors (Lipinski definition) is 10. The van der Waals surface area contributed by atoms with Gasteiger partial charge in [-0.05, 0) is 51.8 Å². The summed E-state index contributed by atoms with van der Waals surface area (Å²) in [7, 11) is 4.74. The van der Waals surface area contributed by atoms with Crippen molar-refractivity contribution in [1.29, 1.82) is 5.26 Å². The summed E-state index contributed by atoms with van der Waals surface area (Å²) in [5.74, 6) is -1.31. The zero-order valence-corrected chi connectivity index (χ0v) is 25.4. The van der Waals surface area contributed by atoms with Crippen LogP contribution in [0.25, 0.3) is 0 Å². The molecule has 0 aromatic heterocycles. The van der Waals surface area contributed by atoms with E-state index in [1.165, 1.54) is 21.1 Å². The molecule has 12 nitrogen and oxygen atoms in total. The van der Waals surface area contributed by atoms with Crippen LogP contribution in [-0.2, 0) is 30.3 Å². The average Bonchev–Trinajstić information content (AvgIpc) is 2.95. The first-order valence-corrected chi connectivity index (χ1v) is 14.3. The van der Waals surface area contributed by atoms with E-state index in [9.17, 15) is 29.5 Å². The van der Waals surface area contributed by atoms with Crippen molar-refractivity contribution in [1.82, 2.24) is 20.4 Å². The lowest BCUT2D eigenvalue weighted by molar-refractivity contribution is -0.128. The topological polar surface area (TPSA) is 161 Å². The molecule has 3 N–H and O–H groups in total. The molecule has 5 rings (SSSR count). The van der Waals surface area contributed by atoms with Gasteiger partial charge in [0.15, 0.2) is 23.0 Å². The summed E-state index contributed by atoms with van der Waals surface area (Å²) in [6.45, 7) is 6.17. The molecule has 2 unspecified atom stereocenters. The maximum Gasteiger partial charge on any atom is 0.242 e. The first kappa shape index (κ1) is 30.3. The summed E-state index contributed by atoms with van der Waals surface area (Å²) in [6, 6.07) is 0.763. The number of nitriles is 1. The highest BCUT2D eigenvalue weighted by Gasteiger charge is 2.57. The van der Waals surface area contributed by atoms with Crippen LogP contribution >= 0.6 is 0 Å². The number of phenols is 1. The van der Waals surface area contributed by atoms with Gasteiger partial charge < -0.3 is 25.2 Å². The summed E-state index contributed by atoms with van der Waals surface area (Å²) in [4.78, 5) is 56.2. The third kappa shape index (κ3) is 4.58. The standard InChI is InChI=1S/C31H37N5O7/c1-13-8-17-9-19-21(11-32)36-20(25(35(19)5)23(17)27(39)29(13)42-6)10-18-24(28(40)30(43-7)14(2)26(18)38)22(36)12-33-31(41)15(3)34-16(4)37/h8,15,19-22,25,39H,9-10,12H2,1-7H3,(H,33,41)(H,34,37)/t15?,19-,20?,21-,22-,25-/m0/s1. The number of aryl methyl sites for hydroxylation is 1. The summed E-state index contributed by atoms with van der Waals surface area (Å²) >= 11 is 0. The number of allylic oxidation sites excluding steroid dienone is 2. The molecule has 1 aromatic rings. The number of nitrogens with one attached hydrogen (secondary N) is 2. The van der Waals surface area contributed by atoms with Gasteiger partial charge in [-0.3, -0.25) is 29.0 Å². The minimum absolute atomic E-state index is 0.0145. The Morgan fingerprint density at radius 2 is 1.86 bits per heavy atom. The molecule has 6 atom stereocenters. The van der Waals surface area contributed by atoms with Gasteiger partial charge >= 0.3 is 0 Å². The molecule has 1 saturated heterocycles.